The van der Waals surface area contributed by atoms with E-state index in [0.717, 1.165) is 5.75 Å². The number of fused-ring (bicyclic) bond motifs is 1. The second-order valence-electron chi connectivity index (χ2n) is 7.20. The fourth-order valence-corrected chi connectivity index (χ4v) is 3.33. The van der Waals surface area contributed by atoms with Crippen molar-refractivity contribution in [3.8, 4) is 0 Å². The van der Waals surface area contributed by atoms with E-state index in [-0.39, 0.29) is 0 Å². The van der Waals surface area contributed by atoms with E-state index in [1.165, 1.54) is 28.1 Å². The molecule has 0 spiro atoms. The number of benzene rings is 2. The van der Waals surface area contributed by atoms with E-state index in [4.69, 9.17) is 9.15 Å². The third-order valence-corrected chi connectivity index (χ3v) is 4.62. The summed E-state index contributed by atoms with van der Waals surface area (Å²) in [5.74, 6) is 1.07. The van der Waals surface area contributed by atoms with Gasteiger partial charge in [-0.25, -0.2) is 4.79 Å². The molecule has 0 saturated carbocycles. The van der Waals surface area contributed by atoms with Crippen molar-refractivity contribution in [1.29, 1.82) is 0 Å². The maximum absolute atomic E-state index is 11.9. The minimum atomic E-state index is -0.557. The van der Waals surface area contributed by atoms with Crippen molar-refractivity contribution >= 4 is 28.6 Å². The predicted molar refractivity (Wildman–Crippen MR) is 106 cm³/mol. The van der Waals surface area contributed by atoms with Gasteiger partial charge in [-0.15, -0.1) is 10.2 Å². The van der Waals surface area contributed by atoms with Crippen molar-refractivity contribution in [2.45, 2.75) is 50.3 Å². The highest BCUT2D eigenvalue weighted by Gasteiger charge is 2.21. The zero-order chi connectivity index (χ0) is 19.4. The van der Waals surface area contributed by atoms with Gasteiger partial charge in [0, 0.05) is 5.75 Å². The second-order valence-corrected chi connectivity index (χ2v) is 8.13. The second kappa shape index (κ2) is 8.00. The molecule has 0 fully saturated rings. The minimum absolute atomic E-state index is 0.348. The van der Waals surface area contributed by atoms with Gasteiger partial charge in [0.2, 0.25) is 5.89 Å². The molecular formula is C20H23N3O3S. The molecule has 3 rings (SSSR count). The van der Waals surface area contributed by atoms with Gasteiger partial charge in [0.15, 0.2) is 0 Å². The van der Waals surface area contributed by atoms with Crippen LogP contribution in [0.4, 0.5) is 4.79 Å². The first-order valence-corrected chi connectivity index (χ1v) is 9.73. The lowest BCUT2D eigenvalue weighted by molar-refractivity contribution is 0.0500. The van der Waals surface area contributed by atoms with Crippen LogP contribution in [0.25, 0.3) is 10.8 Å². The zero-order valence-electron chi connectivity index (χ0n) is 15.9. The van der Waals surface area contributed by atoms with Crippen LogP contribution in [0.15, 0.2) is 52.1 Å². The molecule has 7 heteroatoms. The summed E-state index contributed by atoms with van der Waals surface area (Å²) in [6.45, 7) is 7.21. The highest BCUT2D eigenvalue weighted by atomic mass is 32.2. The smallest absolute Gasteiger partial charge is 0.408 e. The summed E-state index contributed by atoms with van der Waals surface area (Å²) >= 11 is 1.47. The van der Waals surface area contributed by atoms with Crippen LogP contribution in [-0.4, -0.2) is 21.9 Å². The van der Waals surface area contributed by atoms with Crippen molar-refractivity contribution < 1.29 is 13.9 Å². The highest BCUT2D eigenvalue weighted by molar-refractivity contribution is 7.98. The number of nitrogens with one attached hydrogen (secondary N) is 1. The van der Waals surface area contributed by atoms with Crippen LogP contribution in [0.1, 0.15) is 45.2 Å². The summed E-state index contributed by atoms with van der Waals surface area (Å²) in [5, 5.41) is 13.7. The van der Waals surface area contributed by atoms with Crippen LogP contribution in [0.2, 0.25) is 0 Å². The highest BCUT2D eigenvalue weighted by Crippen LogP contribution is 2.27. The third-order valence-electron chi connectivity index (χ3n) is 3.76. The lowest BCUT2D eigenvalue weighted by Crippen LogP contribution is -2.34. The zero-order valence-corrected chi connectivity index (χ0v) is 16.7. The van der Waals surface area contributed by atoms with Crippen LogP contribution < -0.4 is 5.32 Å². The van der Waals surface area contributed by atoms with Crippen LogP contribution in [0, 0.1) is 0 Å². The van der Waals surface area contributed by atoms with Gasteiger partial charge in [0.1, 0.15) is 11.6 Å². The van der Waals surface area contributed by atoms with E-state index in [1.807, 2.05) is 39.0 Å². The number of amides is 1. The summed E-state index contributed by atoms with van der Waals surface area (Å²) in [6, 6.07) is 14.1. The fraction of sp³-hybridized carbons (Fsp3) is 0.350. The van der Waals surface area contributed by atoms with Gasteiger partial charge >= 0.3 is 6.09 Å². The van der Waals surface area contributed by atoms with Crippen molar-refractivity contribution in [1.82, 2.24) is 15.5 Å². The monoisotopic (exact) mass is 385 g/mol. The Morgan fingerprint density at radius 1 is 1.19 bits per heavy atom. The lowest BCUT2D eigenvalue weighted by Gasteiger charge is -2.20. The van der Waals surface area contributed by atoms with Gasteiger partial charge in [0.05, 0.1) is 0 Å². The number of rotatable bonds is 5. The van der Waals surface area contributed by atoms with Crippen molar-refractivity contribution in [2.24, 2.45) is 0 Å². The van der Waals surface area contributed by atoms with Gasteiger partial charge in [-0.3, -0.25) is 0 Å². The van der Waals surface area contributed by atoms with Crippen molar-refractivity contribution in [2.75, 3.05) is 0 Å². The molecule has 1 atom stereocenters. The number of hydrogen-bond acceptors (Lipinski definition) is 6. The molecule has 3 aromatic rings. The summed E-state index contributed by atoms with van der Waals surface area (Å²) in [4.78, 5) is 11.9. The van der Waals surface area contributed by atoms with E-state index in [2.05, 4.69) is 39.8 Å². The molecule has 1 aromatic heterocycles. The Morgan fingerprint density at radius 2 is 1.93 bits per heavy atom. The van der Waals surface area contributed by atoms with E-state index in [9.17, 15) is 4.79 Å². The van der Waals surface area contributed by atoms with E-state index in [0.29, 0.717) is 11.1 Å². The first-order chi connectivity index (χ1) is 12.8. The number of thioether (sulfide) groups is 1. The Morgan fingerprint density at radius 3 is 2.70 bits per heavy atom. The van der Waals surface area contributed by atoms with Gasteiger partial charge in [-0.05, 0) is 44.0 Å². The molecule has 1 amide bonds. The standard InChI is InChI=1S/C20H23N3O3S/c1-13(21-18(24)26-20(2,3)4)17-22-23-19(25-17)27-12-15-10-7-9-14-8-5-6-11-16(14)15/h5-11,13H,12H2,1-4H3,(H,21,24). The summed E-state index contributed by atoms with van der Waals surface area (Å²) in [6.07, 6.45) is -0.516. The SMILES string of the molecule is CC(NC(=O)OC(C)(C)C)c1nnc(SCc2cccc3ccccc23)o1. The molecule has 1 unspecified atom stereocenters. The molecule has 0 saturated heterocycles. The molecular weight excluding hydrogens is 362 g/mol. The first-order valence-electron chi connectivity index (χ1n) is 8.74. The van der Waals surface area contributed by atoms with Gasteiger partial charge in [-0.1, -0.05) is 54.2 Å². The molecule has 1 heterocycles. The maximum atomic E-state index is 11.9. The molecule has 0 aliphatic heterocycles. The number of alkyl carbamates (subject to hydrolysis) is 1. The van der Waals surface area contributed by atoms with E-state index < -0.39 is 17.7 Å². The topological polar surface area (TPSA) is 77.2 Å². The van der Waals surface area contributed by atoms with Crippen LogP contribution >= 0.6 is 11.8 Å². The van der Waals surface area contributed by atoms with Gasteiger partial charge in [-0.2, -0.15) is 0 Å². The molecule has 142 valence electrons. The van der Waals surface area contributed by atoms with E-state index in [1.54, 1.807) is 6.92 Å². The largest absolute Gasteiger partial charge is 0.444 e. The van der Waals surface area contributed by atoms with Gasteiger partial charge in [0.25, 0.3) is 5.22 Å². The normalized spacial score (nSPS) is 12.7. The number of carbonyl (C=O) groups is 1. The van der Waals surface area contributed by atoms with Crippen molar-refractivity contribution in [3.05, 3.63) is 53.9 Å². The van der Waals surface area contributed by atoms with Crippen LogP contribution in [-0.2, 0) is 10.5 Å². The van der Waals surface area contributed by atoms with Crippen LogP contribution in [0.5, 0.6) is 0 Å². The third kappa shape index (κ3) is 5.23. The molecule has 0 aliphatic rings. The summed E-state index contributed by atoms with van der Waals surface area (Å²) < 4.78 is 10.9. The summed E-state index contributed by atoms with van der Waals surface area (Å²) in [5.41, 5.74) is 0.649. The fourth-order valence-electron chi connectivity index (χ4n) is 2.56. The Balaban J connectivity index is 1.61. The average molecular weight is 385 g/mol. The quantitative estimate of drug-likeness (QED) is 0.616. The minimum Gasteiger partial charge on any atom is -0.444 e. The Labute approximate surface area is 162 Å². The molecule has 0 bridgehead atoms. The van der Waals surface area contributed by atoms with Crippen molar-refractivity contribution in [3.63, 3.8) is 0 Å². The molecule has 0 radical (unpaired) electrons. The molecule has 1 N–H and O–H groups in total. The van der Waals surface area contributed by atoms with E-state index >= 15 is 0 Å². The number of aromatic nitrogens is 2. The number of carbonyl (C=O) groups excluding carboxylic acids is 1. The Kier molecular flexibility index (Phi) is 5.70. The maximum Gasteiger partial charge on any atom is 0.408 e. The molecule has 27 heavy (non-hydrogen) atoms. The van der Waals surface area contributed by atoms with Crippen LogP contribution in [0.3, 0.4) is 0 Å². The molecule has 2 aromatic carbocycles. The predicted octanol–water partition coefficient (Wildman–Crippen LogP) is 5.10. The number of hydrogen-bond donors (Lipinski definition) is 1. The summed E-state index contributed by atoms with van der Waals surface area (Å²) in [7, 11) is 0. The molecule has 6 nitrogen and oxygen atoms in total. The first kappa shape index (κ1) is 19.2. The van der Waals surface area contributed by atoms with Gasteiger partial charge < -0.3 is 14.5 Å². The lowest BCUT2D eigenvalue weighted by atomic mass is 10.1. The average Bonchev–Trinajstić information content (AvgIpc) is 3.07. The molecule has 0 aliphatic carbocycles. The Hall–Kier alpha value is -2.54. The number of ether oxygens (including phenoxy) is 1. The number of nitrogens with zero attached hydrogens (tertiary/aromatic N) is 2. The Bertz CT molecular complexity index is 928.